The fraction of sp³-hybridized carbons (Fsp3) is 0.714. The summed E-state index contributed by atoms with van der Waals surface area (Å²) in [5.41, 5.74) is 6.71. The van der Waals surface area contributed by atoms with Crippen LogP contribution in [0.4, 0.5) is 5.82 Å². The van der Waals surface area contributed by atoms with Gasteiger partial charge in [0, 0.05) is 51.0 Å². The lowest BCUT2D eigenvalue weighted by Crippen LogP contribution is -2.47. The number of nitrogens with zero attached hydrogens (tertiary/aromatic N) is 5. The summed E-state index contributed by atoms with van der Waals surface area (Å²) in [5.74, 6) is 1.40. The van der Waals surface area contributed by atoms with Crippen molar-refractivity contribution in [2.24, 2.45) is 0 Å². The first kappa shape index (κ1) is 15.2. The fourth-order valence-electron chi connectivity index (χ4n) is 2.44. The maximum Gasteiger partial charge on any atom is 0.144 e. The summed E-state index contributed by atoms with van der Waals surface area (Å²) in [6, 6.07) is 1.81. The second-order valence-electron chi connectivity index (χ2n) is 5.77. The van der Waals surface area contributed by atoms with Crippen molar-refractivity contribution in [3.63, 3.8) is 0 Å². The molecule has 2 rings (SSSR count). The molecule has 0 bridgehead atoms. The number of rotatable bonds is 5. The Balaban J connectivity index is 1.79. The van der Waals surface area contributed by atoms with E-state index >= 15 is 0 Å². The first-order chi connectivity index (χ1) is 9.52. The molecule has 1 saturated heterocycles. The van der Waals surface area contributed by atoms with Crippen LogP contribution in [0.2, 0.25) is 0 Å². The molecule has 20 heavy (non-hydrogen) atoms. The molecule has 6 heteroatoms. The van der Waals surface area contributed by atoms with Crippen molar-refractivity contribution in [3.8, 4) is 0 Å². The van der Waals surface area contributed by atoms with Crippen LogP contribution in [0.15, 0.2) is 6.07 Å². The Morgan fingerprint density at radius 1 is 1.15 bits per heavy atom. The van der Waals surface area contributed by atoms with Crippen molar-refractivity contribution >= 4 is 5.82 Å². The van der Waals surface area contributed by atoms with Gasteiger partial charge in [0.25, 0.3) is 0 Å². The van der Waals surface area contributed by atoms with Gasteiger partial charge >= 0.3 is 0 Å². The van der Waals surface area contributed by atoms with Crippen molar-refractivity contribution in [3.05, 3.63) is 17.6 Å². The first-order valence-electron chi connectivity index (χ1n) is 7.22. The van der Waals surface area contributed by atoms with E-state index in [0.29, 0.717) is 5.82 Å². The molecule has 0 atom stereocenters. The van der Waals surface area contributed by atoms with Gasteiger partial charge in [0.15, 0.2) is 0 Å². The molecule has 1 aliphatic rings. The Bertz CT molecular complexity index is 405. The van der Waals surface area contributed by atoms with E-state index < -0.39 is 0 Å². The number of hydrogen-bond donors (Lipinski definition) is 1. The van der Waals surface area contributed by atoms with E-state index in [1.807, 2.05) is 13.0 Å². The van der Waals surface area contributed by atoms with Crippen LogP contribution in [0.1, 0.15) is 11.5 Å². The smallest absolute Gasteiger partial charge is 0.144 e. The minimum atomic E-state index is 0.567. The van der Waals surface area contributed by atoms with Gasteiger partial charge in [0.1, 0.15) is 11.6 Å². The van der Waals surface area contributed by atoms with Gasteiger partial charge in [-0.15, -0.1) is 0 Å². The van der Waals surface area contributed by atoms with Gasteiger partial charge in [-0.05, 0) is 21.0 Å². The van der Waals surface area contributed by atoms with Gasteiger partial charge in [-0.25, -0.2) is 9.97 Å². The van der Waals surface area contributed by atoms with E-state index in [1.165, 1.54) is 0 Å². The molecule has 0 saturated carbocycles. The number of likely N-dealkylation sites (N-methyl/N-ethyl adjacent to an activating group) is 1. The van der Waals surface area contributed by atoms with Crippen molar-refractivity contribution in [2.45, 2.75) is 13.5 Å². The zero-order valence-corrected chi connectivity index (χ0v) is 12.8. The Hall–Kier alpha value is -1.24. The summed E-state index contributed by atoms with van der Waals surface area (Å²) in [6.45, 7) is 9.42. The van der Waals surface area contributed by atoms with Gasteiger partial charge < -0.3 is 10.6 Å². The van der Waals surface area contributed by atoms with Crippen molar-refractivity contribution in [1.82, 2.24) is 24.7 Å². The lowest BCUT2D eigenvalue weighted by atomic mass is 10.3. The standard InChI is InChI=1S/C14H26N6/c1-12-10-13(15)17-14(16-12)11-20-8-6-19(7-9-20)5-4-18(2)3/h10H,4-9,11H2,1-3H3,(H2,15,16,17). The molecule has 1 aromatic heterocycles. The molecule has 0 aromatic carbocycles. The minimum absolute atomic E-state index is 0.567. The predicted octanol–water partition coefficient (Wildman–Crippen LogP) is 0.0464. The molecular formula is C14H26N6. The summed E-state index contributed by atoms with van der Waals surface area (Å²) >= 11 is 0. The lowest BCUT2D eigenvalue weighted by molar-refractivity contribution is 0.118. The van der Waals surface area contributed by atoms with Gasteiger partial charge in [-0.3, -0.25) is 9.80 Å². The molecule has 2 N–H and O–H groups in total. The molecule has 0 spiro atoms. The van der Waals surface area contributed by atoms with Crippen LogP contribution in [-0.2, 0) is 6.54 Å². The molecular weight excluding hydrogens is 252 g/mol. The number of nitrogens with two attached hydrogens (primary N) is 1. The molecule has 1 aromatic rings. The number of hydrogen-bond acceptors (Lipinski definition) is 6. The largest absolute Gasteiger partial charge is 0.384 e. The second kappa shape index (κ2) is 6.97. The summed E-state index contributed by atoms with van der Waals surface area (Å²) in [6.07, 6.45) is 0. The number of anilines is 1. The highest BCUT2D eigenvalue weighted by molar-refractivity contribution is 5.29. The van der Waals surface area contributed by atoms with Gasteiger partial charge in [0.05, 0.1) is 6.54 Å². The quantitative estimate of drug-likeness (QED) is 0.821. The monoisotopic (exact) mass is 278 g/mol. The van der Waals surface area contributed by atoms with Crippen LogP contribution >= 0.6 is 0 Å². The zero-order valence-electron chi connectivity index (χ0n) is 12.8. The number of aromatic nitrogens is 2. The SMILES string of the molecule is Cc1cc(N)nc(CN2CCN(CCN(C)C)CC2)n1. The first-order valence-corrected chi connectivity index (χ1v) is 7.22. The van der Waals surface area contributed by atoms with E-state index in [2.05, 4.69) is 38.8 Å². The minimum Gasteiger partial charge on any atom is -0.384 e. The molecule has 0 amide bonds. The van der Waals surface area contributed by atoms with E-state index in [1.54, 1.807) is 0 Å². The summed E-state index contributed by atoms with van der Waals surface area (Å²) in [5, 5.41) is 0. The highest BCUT2D eigenvalue weighted by Crippen LogP contribution is 2.08. The van der Waals surface area contributed by atoms with E-state index in [9.17, 15) is 0 Å². The van der Waals surface area contributed by atoms with Crippen LogP contribution in [0.25, 0.3) is 0 Å². The highest BCUT2D eigenvalue weighted by Gasteiger charge is 2.17. The molecule has 2 heterocycles. The summed E-state index contributed by atoms with van der Waals surface area (Å²) in [7, 11) is 4.24. The van der Waals surface area contributed by atoms with Crippen molar-refractivity contribution < 1.29 is 0 Å². The number of piperazine rings is 1. The third-order valence-corrected chi connectivity index (χ3v) is 3.61. The topological polar surface area (TPSA) is 61.5 Å². The maximum atomic E-state index is 5.77. The predicted molar refractivity (Wildman–Crippen MR) is 81.5 cm³/mol. The molecule has 1 fully saturated rings. The van der Waals surface area contributed by atoms with Crippen LogP contribution in [0.5, 0.6) is 0 Å². The molecule has 1 aliphatic heterocycles. The number of aryl methyl sites for hydroxylation is 1. The average Bonchev–Trinajstić information content (AvgIpc) is 2.36. The third kappa shape index (κ3) is 4.70. The molecule has 112 valence electrons. The molecule has 0 aliphatic carbocycles. The fourth-order valence-corrected chi connectivity index (χ4v) is 2.44. The van der Waals surface area contributed by atoms with E-state index in [-0.39, 0.29) is 0 Å². The second-order valence-corrected chi connectivity index (χ2v) is 5.77. The molecule has 6 nitrogen and oxygen atoms in total. The Morgan fingerprint density at radius 3 is 2.40 bits per heavy atom. The van der Waals surface area contributed by atoms with Gasteiger partial charge in [0.2, 0.25) is 0 Å². The highest BCUT2D eigenvalue weighted by atomic mass is 15.3. The summed E-state index contributed by atoms with van der Waals surface area (Å²) in [4.78, 5) is 15.9. The third-order valence-electron chi connectivity index (χ3n) is 3.61. The van der Waals surface area contributed by atoms with Crippen molar-refractivity contribution in [2.75, 3.05) is 59.1 Å². The Kier molecular flexibility index (Phi) is 5.28. The van der Waals surface area contributed by atoms with Gasteiger partial charge in [-0.1, -0.05) is 0 Å². The van der Waals surface area contributed by atoms with E-state index in [0.717, 1.165) is 57.3 Å². The zero-order chi connectivity index (χ0) is 14.5. The Labute approximate surface area is 121 Å². The van der Waals surface area contributed by atoms with E-state index in [4.69, 9.17) is 5.73 Å². The van der Waals surface area contributed by atoms with Gasteiger partial charge in [-0.2, -0.15) is 0 Å². The Morgan fingerprint density at radius 2 is 1.80 bits per heavy atom. The normalized spacial score (nSPS) is 17.8. The van der Waals surface area contributed by atoms with Crippen LogP contribution in [-0.4, -0.2) is 78.0 Å². The average molecular weight is 278 g/mol. The number of nitrogen functional groups attached to an aromatic ring is 1. The molecule has 0 radical (unpaired) electrons. The van der Waals surface area contributed by atoms with Crippen LogP contribution in [0.3, 0.4) is 0 Å². The maximum absolute atomic E-state index is 5.77. The summed E-state index contributed by atoms with van der Waals surface area (Å²) < 4.78 is 0. The van der Waals surface area contributed by atoms with Crippen molar-refractivity contribution in [1.29, 1.82) is 0 Å². The molecule has 0 unspecified atom stereocenters. The van der Waals surface area contributed by atoms with Crippen LogP contribution in [0, 0.1) is 6.92 Å². The lowest BCUT2D eigenvalue weighted by Gasteiger charge is -2.34. The van der Waals surface area contributed by atoms with Crippen LogP contribution < -0.4 is 5.73 Å².